The Bertz CT molecular complexity index is 1150. The second-order valence-electron chi connectivity index (χ2n) is 5.17. The van der Waals surface area contributed by atoms with Gasteiger partial charge in [0, 0.05) is 21.1 Å². The first kappa shape index (κ1) is 18.0. The molecule has 2 aromatic carbocycles. The van der Waals surface area contributed by atoms with E-state index in [1.807, 2.05) is 18.2 Å². The number of benzene rings is 2. The number of carbonyl (C=O) groups excluding carboxylic acids is 1. The van der Waals surface area contributed by atoms with Crippen LogP contribution in [0.15, 0.2) is 60.9 Å². The van der Waals surface area contributed by atoms with Crippen LogP contribution in [0.5, 0.6) is 0 Å². The molecule has 25 heavy (non-hydrogen) atoms. The lowest BCUT2D eigenvalue weighted by Gasteiger charge is -1.91. The Morgan fingerprint density at radius 1 is 0.880 bits per heavy atom. The highest BCUT2D eigenvalue weighted by molar-refractivity contribution is 5.83. The van der Waals surface area contributed by atoms with Crippen LogP contribution in [0.25, 0.3) is 22.2 Å². The van der Waals surface area contributed by atoms with E-state index in [-0.39, 0.29) is 14.6 Å². The van der Waals surface area contributed by atoms with Crippen LogP contribution in [0, 0.1) is 0 Å². The molecular weight excluding hydrogens is 324 g/mol. The van der Waals surface area contributed by atoms with E-state index < -0.39 is 5.76 Å². The largest absolute Gasteiger partial charge is 0.419 e. The predicted octanol–water partition coefficient (Wildman–Crippen LogP) is 2.96. The second-order valence-corrected chi connectivity index (χ2v) is 5.17. The van der Waals surface area contributed by atoms with Crippen molar-refractivity contribution in [2.24, 2.45) is 14.1 Å². The van der Waals surface area contributed by atoms with Crippen molar-refractivity contribution in [2.75, 3.05) is 0 Å². The van der Waals surface area contributed by atoms with Gasteiger partial charge in [-0.05, 0) is 30.3 Å². The van der Waals surface area contributed by atoms with E-state index in [1.54, 1.807) is 38.4 Å². The molecule has 0 aliphatic carbocycles. The number of aromatic nitrogens is 2. The quantitative estimate of drug-likeness (QED) is 0.495. The number of rotatable bonds is 1. The van der Waals surface area contributed by atoms with Gasteiger partial charge in [-0.15, -0.1) is 0 Å². The van der Waals surface area contributed by atoms with E-state index in [1.165, 1.54) is 9.13 Å². The SMILES string of the molecule is C.Cn1c(=O)oc2cc(C=O)ccc21.Cn1c(=O)oc2ccccc21.[2HH]. The molecule has 0 saturated carbocycles. The molecule has 4 rings (SSSR count). The fourth-order valence-electron chi connectivity index (χ4n) is 2.31. The van der Waals surface area contributed by atoms with Crippen molar-refractivity contribution in [1.82, 2.24) is 9.13 Å². The van der Waals surface area contributed by atoms with Crippen LogP contribution in [0.4, 0.5) is 0 Å². The molecule has 2 aromatic heterocycles. The average Bonchev–Trinajstić information content (AvgIpc) is 3.04. The third-order valence-electron chi connectivity index (χ3n) is 3.65. The van der Waals surface area contributed by atoms with Gasteiger partial charge in [-0.25, -0.2) is 9.59 Å². The number of hydrogen-bond acceptors (Lipinski definition) is 5. The molecule has 4 aromatic rings. The third kappa shape index (κ3) is 3.30. The summed E-state index contributed by atoms with van der Waals surface area (Å²) in [5.74, 6) is -0.732. The van der Waals surface area contributed by atoms with Gasteiger partial charge in [0.1, 0.15) is 6.29 Å². The summed E-state index contributed by atoms with van der Waals surface area (Å²) in [4.78, 5) is 32.4. The van der Waals surface area contributed by atoms with Gasteiger partial charge in [-0.3, -0.25) is 13.9 Å². The molecule has 0 radical (unpaired) electrons. The molecule has 132 valence electrons. The smallest absolute Gasteiger partial charge is 0.408 e. The molecule has 0 amide bonds. The zero-order valence-corrected chi connectivity index (χ0v) is 13.1. The minimum atomic E-state index is -0.418. The highest BCUT2D eigenvalue weighted by Crippen LogP contribution is 2.12. The standard InChI is InChI=1S/C9H7NO3.C8H7NO2.CH4.H2/c1-10-7-3-2-6(5-11)4-8(7)13-9(10)12;1-9-6-4-2-3-5-7(6)11-8(9)10;;/h2-5H,1H3;2-5H,1H3;1H4;1H/i;;;1+1. The maximum absolute atomic E-state index is 11.0. The maximum Gasteiger partial charge on any atom is 0.419 e. The molecule has 0 saturated heterocycles. The van der Waals surface area contributed by atoms with Crippen LogP contribution in [0.1, 0.15) is 19.2 Å². The van der Waals surface area contributed by atoms with Crippen molar-refractivity contribution in [3.8, 4) is 0 Å². The number of fused-ring (bicyclic) bond motifs is 2. The summed E-state index contributed by atoms with van der Waals surface area (Å²) in [5.41, 5.74) is 3.10. The lowest BCUT2D eigenvalue weighted by molar-refractivity contribution is 0.112. The summed E-state index contributed by atoms with van der Waals surface area (Å²) in [6.07, 6.45) is 0.715. The van der Waals surface area contributed by atoms with Crippen LogP contribution >= 0.6 is 0 Å². The topological polar surface area (TPSA) is 87.4 Å². The van der Waals surface area contributed by atoms with E-state index in [4.69, 9.17) is 8.83 Å². The lowest BCUT2D eigenvalue weighted by atomic mass is 10.2. The first-order valence-electron chi connectivity index (χ1n) is 7.10. The normalized spacial score (nSPS) is 10.2. The summed E-state index contributed by atoms with van der Waals surface area (Å²) in [6.45, 7) is 0. The van der Waals surface area contributed by atoms with Gasteiger partial charge in [0.05, 0.1) is 11.0 Å². The van der Waals surface area contributed by atoms with Crippen molar-refractivity contribution in [3.05, 3.63) is 69.1 Å². The van der Waals surface area contributed by atoms with Crippen molar-refractivity contribution in [3.63, 3.8) is 0 Å². The van der Waals surface area contributed by atoms with Gasteiger partial charge < -0.3 is 8.83 Å². The zero-order valence-electron chi connectivity index (χ0n) is 13.1. The number of hydrogen-bond donors (Lipinski definition) is 0. The van der Waals surface area contributed by atoms with E-state index >= 15 is 0 Å². The molecule has 0 atom stereocenters. The molecule has 0 aliphatic heterocycles. The number of aryl methyl sites for hydroxylation is 2. The number of aldehydes is 1. The summed E-state index contributed by atoms with van der Waals surface area (Å²) in [7, 11) is 3.31. The number of oxazole rings is 2. The molecule has 0 unspecified atom stereocenters. The molecule has 0 aliphatic rings. The third-order valence-corrected chi connectivity index (χ3v) is 3.65. The number of carbonyl (C=O) groups is 1. The van der Waals surface area contributed by atoms with Gasteiger partial charge in [0.2, 0.25) is 0 Å². The predicted molar refractivity (Wildman–Crippen MR) is 97.1 cm³/mol. The van der Waals surface area contributed by atoms with Crippen molar-refractivity contribution >= 4 is 28.5 Å². The zero-order chi connectivity index (χ0) is 17.3. The molecule has 0 bridgehead atoms. The van der Waals surface area contributed by atoms with E-state index in [2.05, 4.69) is 0 Å². The van der Waals surface area contributed by atoms with Crippen LogP contribution < -0.4 is 11.5 Å². The van der Waals surface area contributed by atoms with Crippen molar-refractivity contribution in [2.45, 2.75) is 7.43 Å². The lowest BCUT2D eigenvalue weighted by Crippen LogP contribution is -2.08. The van der Waals surface area contributed by atoms with Gasteiger partial charge >= 0.3 is 11.5 Å². The Morgan fingerprint density at radius 3 is 2.04 bits per heavy atom. The summed E-state index contributed by atoms with van der Waals surface area (Å²) in [5, 5.41) is 0. The summed E-state index contributed by atoms with van der Waals surface area (Å²) in [6, 6.07) is 12.2. The number of para-hydroxylation sites is 2. The Balaban J connectivity index is 0.000000244. The van der Waals surface area contributed by atoms with E-state index in [9.17, 15) is 14.4 Å². The van der Waals surface area contributed by atoms with Gasteiger partial charge in [-0.2, -0.15) is 0 Å². The van der Waals surface area contributed by atoms with Crippen molar-refractivity contribution < 1.29 is 15.1 Å². The molecule has 2 heterocycles. The molecule has 7 nitrogen and oxygen atoms in total. The van der Waals surface area contributed by atoms with Gasteiger partial charge in [-0.1, -0.05) is 19.6 Å². The number of nitrogens with zero attached hydrogens (tertiary/aromatic N) is 2. The van der Waals surface area contributed by atoms with Gasteiger partial charge in [0.15, 0.2) is 11.2 Å². The molecule has 0 spiro atoms. The van der Waals surface area contributed by atoms with E-state index in [0.717, 1.165) is 5.52 Å². The first-order valence-corrected chi connectivity index (χ1v) is 7.10. The monoisotopic (exact) mass is 345 g/mol. The molecule has 7 heteroatoms. The summed E-state index contributed by atoms with van der Waals surface area (Å²) >= 11 is 0. The van der Waals surface area contributed by atoms with Crippen molar-refractivity contribution in [1.29, 1.82) is 0 Å². The average molecular weight is 345 g/mol. The highest BCUT2D eigenvalue weighted by Gasteiger charge is 2.05. The highest BCUT2D eigenvalue weighted by atomic mass is 16.4. The molecule has 0 fully saturated rings. The Labute approximate surface area is 144 Å². The van der Waals surface area contributed by atoms with E-state index in [0.29, 0.717) is 28.5 Å². The second kappa shape index (κ2) is 7.04. The first-order chi connectivity index (χ1) is 11.5. The molecule has 0 N–H and O–H groups in total. The van der Waals surface area contributed by atoms with Crippen LogP contribution in [0.2, 0.25) is 0 Å². The van der Waals surface area contributed by atoms with Crippen LogP contribution in [-0.4, -0.2) is 15.4 Å². The maximum atomic E-state index is 11.0. The van der Waals surface area contributed by atoms with Crippen LogP contribution in [0.3, 0.4) is 0 Å². The minimum Gasteiger partial charge on any atom is -0.408 e. The Morgan fingerprint density at radius 2 is 1.44 bits per heavy atom. The molecular formula is C18H20N2O5. The Kier molecular flexibility index (Phi) is 5.07. The Hall–Kier alpha value is -3.35. The summed E-state index contributed by atoms with van der Waals surface area (Å²) < 4.78 is 12.7. The van der Waals surface area contributed by atoms with Crippen LogP contribution in [-0.2, 0) is 14.1 Å². The fourth-order valence-corrected chi connectivity index (χ4v) is 2.31. The van der Waals surface area contributed by atoms with Gasteiger partial charge in [0.25, 0.3) is 0 Å². The fraction of sp³-hybridized carbons (Fsp3) is 0.167. The minimum absolute atomic E-state index is 0.